The van der Waals surface area contributed by atoms with Crippen LogP contribution >= 0.6 is 12.4 Å². The van der Waals surface area contributed by atoms with Gasteiger partial charge in [-0.3, -0.25) is 8.70 Å². The molecule has 0 bridgehead atoms. The smallest absolute Gasteiger partial charge is 0.387 e. The summed E-state index contributed by atoms with van der Waals surface area (Å²) in [7, 11) is -2.65. The third-order valence-corrected chi connectivity index (χ3v) is 6.84. The van der Waals surface area contributed by atoms with Crippen LogP contribution in [0.3, 0.4) is 0 Å². The fourth-order valence-electron chi connectivity index (χ4n) is 3.52. The summed E-state index contributed by atoms with van der Waals surface area (Å²) in [5, 5.41) is 3.26. The van der Waals surface area contributed by atoms with E-state index < -0.39 is 23.3 Å². The molecule has 1 saturated heterocycles. The number of nitrogens with zero attached hydrogens (tertiary/aromatic N) is 2. The Morgan fingerprint density at radius 1 is 1.15 bits per heavy atom. The molecule has 0 radical (unpaired) electrons. The van der Waals surface area contributed by atoms with Gasteiger partial charge in [0.1, 0.15) is 11.5 Å². The number of hydrogen-bond donors (Lipinski definition) is 1. The van der Waals surface area contributed by atoms with Crippen molar-refractivity contribution >= 4 is 33.8 Å². The molecule has 1 fully saturated rings. The van der Waals surface area contributed by atoms with Crippen LogP contribution in [0, 0.1) is 0 Å². The van der Waals surface area contributed by atoms with Crippen molar-refractivity contribution < 1.29 is 31.1 Å². The average Bonchev–Trinajstić information content (AvgIpc) is 2.79. The Morgan fingerprint density at radius 2 is 1.88 bits per heavy atom. The standard InChI is InChI=1S/C21H26F3N3O4S.ClH/c1-30-20-7-6-16(14-19(20)26-12-9-25-10-13-26)27(11-3-8-22)32(28,29)18-5-2-4-17(15-18)31-21(23)24;/h2,4-7,14-15,21,25H,3,8-13H2,1H3;1H. The quantitative estimate of drug-likeness (QED) is 0.527. The predicted octanol–water partition coefficient (Wildman–Crippen LogP) is 3.68. The topological polar surface area (TPSA) is 71.1 Å². The second kappa shape index (κ2) is 12.2. The summed E-state index contributed by atoms with van der Waals surface area (Å²) in [6.07, 6.45) is -0.0263. The number of piperazine rings is 1. The molecule has 0 saturated carbocycles. The van der Waals surface area contributed by atoms with Crippen LogP contribution in [0.15, 0.2) is 47.4 Å². The van der Waals surface area contributed by atoms with Gasteiger partial charge in [-0.2, -0.15) is 8.78 Å². The third-order valence-electron chi connectivity index (χ3n) is 5.02. The molecule has 0 atom stereocenters. The number of methoxy groups -OCH3 is 1. The molecule has 0 spiro atoms. The zero-order chi connectivity index (χ0) is 23.1. The Labute approximate surface area is 197 Å². The predicted molar refractivity (Wildman–Crippen MR) is 124 cm³/mol. The van der Waals surface area contributed by atoms with Gasteiger partial charge >= 0.3 is 6.61 Å². The van der Waals surface area contributed by atoms with Gasteiger partial charge in [0, 0.05) is 38.8 Å². The molecular weight excluding hydrogens is 483 g/mol. The maximum absolute atomic E-state index is 13.4. The molecule has 12 heteroatoms. The summed E-state index contributed by atoms with van der Waals surface area (Å²) in [6, 6.07) is 9.83. The van der Waals surface area contributed by atoms with Gasteiger partial charge in [0.2, 0.25) is 0 Å². The highest BCUT2D eigenvalue weighted by Crippen LogP contribution is 2.35. The number of rotatable bonds is 10. The molecule has 0 aromatic heterocycles. The molecule has 33 heavy (non-hydrogen) atoms. The fourth-order valence-corrected chi connectivity index (χ4v) is 5.05. The fraction of sp³-hybridized carbons (Fsp3) is 0.429. The highest BCUT2D eigenvalue weighted by atomic mass is 35.5. The number of hydrogen-bond acceptors (Lipinski definition) is 6. The van der Waals surface area contributed by atoms with E-state index in [1.807, 2.05) is 0 Å². The van der Waals surface area contributed by atoms with E-state index in [0.717, 1.165) is 29.1 Å². The van der Waals surface area contributed by atoms with Gasteiger partial charge in [-0.15, -0.1) is 12.4 Å². The highest BCUT2D eigenvalue weighted by molar-refractivity contribution is 7.92. The minimum atomic E-state index is -4.18. The van der Waals surface area contributed by atoms with Crippen LogP contribution < -0.4 is 24.0 Å². The number of alkyl halides is 3. The number of sulfonamides is 1. The minimum absolute atomic E-state index is 0. The molecule has 0 amide bonds. The second-order valence-electron chi connectivity index (χ2n) is 7.07. The van der Waals surface area contributed by atoms with Crippen molar-refractivity contribution in [2.75, 3.05) is 55.7 Å². The van der Waals surface area contributed by atoms with Crippen LogP contribution in [-0.2, 0) is 10.0 Å². The van der Waals surface area contributed by atoms with E-state index in [9.17, 15) is 21.6 Å². The lowest BCUT2D eigenvalue weighted by Crippen LogP contribution is -2.43. The Balaban J connectivity index is 0.00000385. The first kappa shape index (κ1) is 26.9. The van der Waals surface area contributed by atoms with Crippen LogP contribution in [0.1, 0.15) is 6.42 Å². The second-order valence-corrected chi connectivity index (χ2v) is 8.93. The van der Waals surface area contributed by atoms with Crippen LogP contribution in [0.2, 0.25) is 0 Å². The van der Waals surface area contributed by atoms with Crippen molar-refractivity contribution in [1.82, 2.24) is 5.32 Å². The molecule has 1 N–H and O–H groups in total. The molecule has 1 aliphatic rings. The molecular formula is C21H27ClF3N3O4S. The van der Waals surface area contributed by atoms with Crippen LogP contribution in [-0.4, -0.2) is 61.5 Å². The molecule has 2 aromatic carbocycles. The first-order valence-electron chi connectivity index (χ1n) is 10.1. The van der Waals surface area contributed by atoms with E-state index in [-0.39, 0.29) is 36.0 Å². The van der Waals surface area contributed by atoms with Crippen molar-refractivity contribution in [1.29, 1.82) is 0 Å². The summed E-state index contributed by atoms with van der Waals surface area (Å²) >= 11 is 0. The van der Waals surface area contributed by atoms with Gasteiger partial charge in [0.25, 0.3) is 10.0 Å². The molecule has 7 nitrogen and oxygen atoms in total. The van der Waals surface area contributed by atoms with Crippen molar-refractivity contribution in [2.45, 2.75) is 17.9 Å². The molecule has 1 aliphatic heterocycles. The number of anilines is 2. The zero-order valence-electron chi connectivity index (χ0n) is 18.0. The number of nitrogens with one attached hydrogen (secondary N) is 1. The lowest BCUT2D eigenvalue weighted by atomic mass is 10.2. The van der Waals surface area contributed by atoms with Gasteiger partial charge in [-0.25, -0.2) is 8.42 Å². The highest BCUT2D eigenvalue weighted by Gasteiger charge is 2.27. The number of ether oxygens (including phenoxy) is 2. The van der Waals surface area contributed by atoms with Crippen LogP contribution in [0.25, 0.3) is 0 Å². The zero-order valence-corrected chi connectivity index (χ0v) is 19.7. The molecule has 3 rings (SSSR count). The molecule has 1 heterocycles. The Bertz CT molecular complexity index is 1010. The van der Waals surface area contributed by atoms with E-state index >= 15 is 0 Å². The van der Waals surface area contributed by atoms with Crippen molar-refractivity contribution in [3.63, 3.8) is 0 Å². The molecule has 0 aliphatic carbocycles. The first-order valence-corrected chi connectivity index (χ1v) is 11.6. The van der Waals surface area contributed by atoms with E-state index in [1.165, 1.54) is 25.3 Å². The van der Waals surface area contributed by atoms with E-state index in [1.54, 1.807) is 18.2 Å². The maximum Gasteiger partial charge on any atom is 0.387 e. The third kappa shape index (κ3) is 6.58. The van der Waals surface area contributed by atoms with Gasteiger partial charge in [-0.05, 0) is 36.8 Å². The molecule has 2 aromatic rings. The number of halogens is 4. The van der Waals surface area contributed by atoms with Crippen molar-refractivity contribution in [2.24, 2.45) is 0 Å². The van der Waals surface area contributed by atoms with E-state index in [0.29, 0.717) is 24.5 Å². The Kier molecular flexibility index (Phi) is 9.93. The Hall–Kier alpha value is -2.37. The summed E-state index contributed by atoms with van der Waals surface area (Å²) in [4.78, 5) is 1.85. The van der Waals surface area contributed by atoms with E-state index in [4.69, 9.17) is 4.74 Å². The molecule has 0 unspecified atom stereocenters. The van der Waals surface area contributed by atoms with Crippen molar-refractivity contribution in [3.05, 3.63) is 42.5 Å². The van der Waals surface area contributed by atoms with Crippen LogP contribution in [0.4, 0.5) is 24.5 Å². The van der Waals surface area contributed by atoms with Gasteiger partial charge in [-0.1, -0.05) is 6.07 Å². The summed E-state index contributed by atoms with van der Waals surface area (Å²) in [5.74, 6) is 0.313. The lowest BCUT2D eigenvalue weighted by molar-refractivity contribution is -0.0499. The summed E-state index contributed by atoms with van der Waals surface area (Å²) in [5.41, 5.74) is 1.05. The van der Waals surface area contributed by atoms with Gasteiger partial charge in [0.15, 0.2) is 0 Å². The SMILES string of the molecule is COc1ccc(N(CCCF)S(=O)(=O)c2cccc(OC(F)F)c2)cc1N1CCNCC1.Cl. The van der Waals surface area contributed by atoms with E-state index in [2.05, 4.69) is 15.0 Å². The normalized spacial score (nSPS) is 14.0. The number of benzene rings is 2. The summed E-state index contributed by atoms with van der Waals surface area (Å²) < 4.78 is 75.9. The summed E-state index contributed by atoms with van der Waals surface area (Å²) in [6.45, 7) is -0.942. The largest absolute Gasteiger partial charge is 0.495 e. The first-order chi connectivity index (χ1) is 15.4. The minimum Gasteiger partial charge on any atom is -0.495 e. The van der Waals surface area contributed by atoms with Crippen LogP contribution in [0.5, 0.6) is 11.5 Å². The maximum atomic E-state index is 13.4. The molecule has 184 valence electrons. The van der Waals surface area contributed by atoms with Crippen molar-refractivity contribution in [3.8, 4) is 11.5 Å². The lowest BCUT2D eigenvalue weighted by Gasteiger charge is -2.32. The van der Waals surface area contributed by atoms with Gasteiger partial charge < -0.3 is 19.7 Å². The Morgan fingerprint density at radius 3 is 2.52 bits per heavy atom. The monoisotopic (exact) mass is 509 g/mol. The van der Waals surface area contributed by atoms with Gasteiger partial charge in [0.05, 0.1) is 30.1 Å². The average molecular weight is 510 g/mol.